The van der Waals surface area contributed by atoms with Gasteiger partial charge in [-0.3, -0.25) is 4.79 Å². The summed E-state index contributed by atoms with van der Waals surface area (Å²) in [6, 6.07) is 27.1. The Morgan fingerprint density at radius 3 is 2.20 bits per heavy atom. The van der Waals surface area contributed by atoms with Crippen LogP contribution in [-0.4, -0.2) is 18.6 Å². The van der Waals surface area contributed by atoms with Crippen molar-refractivity contribution in [3.8, 4) is 5.75 Å². The molecule has 0 N–H and O–H groups in total. The molecule has 2 atom stereocenters. The van der Waals surface area contributed by atoms with E-state index < -0.39 is 12.0 Å². The van der Waals surface area contributed by atoms with Gasteiger partial charge in [0.2, 0.25) is 0 Å². The second kappa shape index (κ2) is 8.78. The van der Waals surface area contributed by atoms with Crippen LogP contribution in [0.4, 0.5) is 0 Å². The fourth-order valence-electron chi connectivity index (χ4n) is 3.64. The van der Waals surface area contributed by atoms with Gasteiger partial charge < -0.3 is 9.57 Å². The summed E-state index contributed by atoms with van der Waals surface area (Å²) in [5, 5.41) is 4.34. The summed E-state index contributed by atoms with van der Waals surface area (Å²) >= 11 is 0. The van der Waals surface area contributed by atoms with E-state index in [1.54, 1.807) is 7.11 Å². The molecule has 0 bridgehead atoms. The highest BCUT2D eigenvalue weighted by atomic mass is 16.6. The average molecular weight is 397 g/mol. The maximum atomic E-state index is 13.6. The first-order valence-electron chi connectivity index (χ1n) is 9.88. The molecule has 3 aromatic rings. The zero-order valence-electron chi connectivity index (χ0n) is 17.0. The van der Waals surface area contributed by atoms with Crippen molar-refractivity contribution < 1.29 is 14.4 Å². The van der Waals surface area contributed by atoms with Gasteiger partial charge in [0.05, 0.1) is 7.11 Å². The molecule has 0 fully saturated rings. The standard InChI is InChI=1S/C26H23NO3/c1-18(17-19-9-5-3-6-10-19)25(28)23-24(20-13-15-22(29-2)16-14-20)27-30-26(23)21-11-7-4-8-12-21/h3-17,23,26H,1-2H3/b18-17+. The molecule has 4 heteroatoms. The van der Waals surface area contributed by atoms with Gasteiger partial charge in [-0.05, 0) is 54.0 Å². The molecular weight excluding hydrogens is 374 g/mol. The van der Waals surface area contributed by atoms with Gasteiger partial charge in [0.1, 0.15) is 17.4 Å². The molecule has 1 aliphatic rings. The molecule has 1 heterocycles. The van der Waals surface area contributed by atoms with Gasteiger partial charge in [-0.25, -0.2) is 0 Å². The predicted molar refractivity (Wildman–Crippen MR) is 118 cm³/mol. The van der Waals surface area contributed by atoms with Crippen molar-refractivity contribution in [1.82, 2.24) is 0 Å². The molecule has 0 spiro atoms. The van der Waals surface area contributed by atoms with E-state index in [4.69, 9.17) is 9.57 Å². The number of ketones is 1. The van der Waals surface area contributed by atoms with Crippen LogP contribution in [0.5, 0.6) is 5.75 Å². The molecule has 4 nitrogen and oxygen atoms in total. The van der Waals surface area contributed by atoms with E-state index in [0.717, 1.165) is 22.4 Å². The van der Waals surface area contributed by atoms with Gasteiger partial charge in [-0.2, -0.15) is 0 Å². The highest BCUT2D eigenvalue weighted by Crippen LogP contribution is 2.37. The number of allylic oxidation sites excluding steroid dienone is 1. The maximum absolute atomic E-state index is 13.6. The summed E-state index contributed by atoms with van der Waals surface area (Å²) in [7, 11) is 1.63. The Morgan fingerprint density at radius 2 is 1.57 bits per heavy atom. The number of hydrogen-bond acceptors (Lipinski definition) is 4. The molecule has 1 aliphatic heterocycles. The van der Waals surface area contributed by atoms with Gasteiger partial charge in [0.25, 0.3) is 0 Å². The van der Waals surface area contributed by atoms with Crippen molar-refractivity contribution in [2.24, 2.45) is 11.1 Å². The lowest BCUT2D eigenvalue weighted by Gasteiger charge is -2.19. The number of carbonyl (C=O) groups excluding carboxylic acids is 1. The Morgan fingerprint density at radius 1 is 0.933 bits per heavy atom. The lowest BCUT2D eigenvalue weighted by atomic mass is 9.83. The second-order valence-corrected chi connectivity index (χ2v) is 7.22. The number of ether oxygens (including phenoxy) is 1. The fraction of sp³-hybridized carbons (Fsp3) is 0.154. The number of Topliss-reactive ketones (excluding diaryl/α,β-unsaturated/α-hetero) is 1. The Labute approximate surface area is 176 Å². The molecule has 3 aromatic carbocycles. The van der Waals surface area contributed by atoms with Crippen molar-refractivity contribution in [3.63, 3.8) is 0 Å². The lowest BCUT2D eigenvalue weighted by Crippen LogP contribution is -2.28. The molecule has 0 amide bonds. The van der Waals surface area contributed by atoms with Crippen LogP contribution >= 0.6 is 0 Å². The van der Waals surface area contributed by atoms with E-state index in [1.807, 2.05) is 97.9 Å². The first-order chi connectivity index (χ1) is 14.7. The van der Waals surface area contributed by atoms with Crippen LogP contribution in [0.3, 0.4) is 0 Å². The van der Waals surface area contributed by atoms with E-state index in [0.29, 0.717) is 11.3 Å². The SMILES string of the molecule is COc1ccc(C2=NOC(c3ccccc3)C2C(=O)/C(C)=C/c2ccccc2)cc1. The lowest BCUT2D eigenvalue weighted by molar-refractivity contribution is -0.120. The number of hydrogen-bond donors (Lipinski definition) is 0. The Balaban J connectivity index is 1.71. The van der Waals surface area contributed by atoms with Gasteiger partial charge in [0.15, 0.2) is 11.9 Å². The Hall–Kier alpha value is -3.66. The smallest absolute Gasteiger partial charge is 0.172 e. The molecule has 0 radical (unpaired) electrons. The third-order valence-electron chi connectivity index (χ3n) is 5.23. The monoisotopic (exact) mass is 397 g/mol. The van der Waals surface area contributed by atoms with Crippen molar-refractivity contribution >= 4 is 17.6 Å². The number of carbonyl (C=O) groups is 1. The van der Waals surface area contributed by atoms with E-state index in [1.165, 1.54) is 0 Å². The van der Waals surface area contributed by atoms with E-state index in [9.17, 15) is 4.79 Å². The van der Waals surface area contributed by atoms with Crippen molar-refractivity contribution in [1.29, 1.82) is 0 Å². The van der Waals surface area contributed by atoms with Gasteiger partial charge in [-0.15, -0.1) is 0 Å². The number of nitrogens with zero attached hydrogens (tertiary/aromatic N) is 1. The number of rotatable bonds is 6. The first-order valence-corrected chi connectivity index (χ1v) is 9.88. The Kier molecular flexibility index (Phi) is 5.75. The summed E-state index contributed by atoms with van der Waals surface area (Å²) in [6.07, 6.45) is 1.45. The summed E-state index contributed by atoms with van der Waals surface area (Å²) < 4.78 is 5.25. The first kappa shape index (κ1) is 19.6. The second-order valence-electron chi connectivity index (χ2n) is 7.22. The molecule has 30 heavy (non-hydrogen) atoms. The van der Waals surface area contributed by atoms with Gasteiger partial charge in [-0.1, -0.05) is 65.8 Å². The van der Waals surface area contributed by atoms with E-state index in [2.05, 4.69) is 5.16 Å². The summed E-state index contributed by atoms with van der Waals surface area (Å²) in [4.78, 5) is 19.4. The normalized spacial score (nSPS) is 18.5. The number of methoxy groups -OCH3 is 1. The zero-order chi connectivity index (χ0) is 20.9. The molecule has 150 valence electrons. The molecule has 2 unspecified atom stereocenters. The van der Waals surface area contributed by atoms with Crippen LogP contribution in [-0.2, 0) is 9.63 Å². The minimum Gasteiger partial charge on any atom is -0.497 e. The number of benzene rings is 3. The van der Waals surface area contributed by atoms with Crippen LogP contribution in [0.15, 0.2) is 95.7 Å². The summed E-state index contributed by atoms with van der Waals surface area (Å²) in [5.41, 5.74) is 4.06. The third kappa shape index (κ3) is 4.03. The largest absolute Gasteiger partial charge is 0.497 e. The predicted octanol–water partition coefficient (Wildman–Crippen LogP) is 5.46. The number of oxime groups is 1. The van der Waals surface area contributed by atoms with Gasteiger partial charge in [0, 0.05) is 5.56 Å². The highest BCUT2D eigenvalue weighted by molar-refractivity contribution is 6.19. The molecule has 0 saturated heterocycles. The van der Waals surface area contributed by atoms with E-state index >= 15 is 0 Å². The summed E-state index contributed by atoms with van der Waals surface area (Å²) in [5.74, 6) is 0.224. The average Bonchev–Trinajstić information content (AvgIpc) is 3.25. The quantitative estimate of drug-likeness (QED) is 0.519. The minimum absolute atomic E-state index is 0.000209. The van der Waals surface area contributed by atoms with Crippen molar-refractivity contribution in [2.75, 3.05) is 7.11 Å². The Bertz CT molecular complexity index is 1070. The molecule has 4 rings (SSSR count). The molecule has 0 saturated carbocycles. The third-order valence-corrected chi connectivity index (χ3v) is 5.23. The molecular formula is C26H23NO3. The van der Waals surface area contributed by atoms with Crippen molar-refractivity contribution in [2.45, 2.75) is 13.0 Å². The topological polar surface area (TPSA) is 47.9 Å². The summed E-state index contributed by atoms with van der Waals surface area (Å²) in [6.45, 7) is 1.85. The van der Waals surface area contributed by atoms with Crippen LogP contribution in [0.25, 0.3) is 6.08 Å². The van der Waals surface area contributed by atoms with Crippen LogP contribution in [0.2, 0.25) is 0 Å². The van der Waals surface area contributed by atoms with Crippen LogP contribution in [0.1, 0.15) is 29.7 Å². The van der Waals surface area contributed by atoms with E-state index in [-0.39, 0.29) is 5.78 Å². The van der Waals surface area contributed by atoms with Crippen LogP contribution < -0.4 is 4.74 Å². The van der Waals surface area contributed by atoms with Gasteiger partial charge >= 0.3 is 0 Å². The van der Waals surface area contributed by atoms with Crippen molar-refractivity contribution in [3.05, 3.63) is 107 Å². The fourth-order valence-corrected chi connectivity index (χ4v) is 3.64. The molecule has 0 aromatic heterocycles. The molecule has 0 aliphatic carbocycles. The highest BCUT2D eigenvalue weighted by Gasteiger charge is 2.41. The van der Waals surface area contributed by atoms with Crippen LogP contribution in [0, 0.1) is 5.92 Å². The minimum atomic E-state index is -0.527. The zero-order valence-corrected chi connectivity index (χ0v) is 17.0. The maximum Gasteiger partial charge on any atom is 0.172 e.